The number of carbonyl (C=O) groups is 2. The number of amides is 2. The van der Waals surface area contributed by atoms with Gasteiger partial charge >= 0.3 is 0 Å². The van der Waals surface area contributed by atoms with Crippen LogP contribution in [0, 0.1) is 17.6 Å². The fraction of sp³-hybridized carbons (Fsp3) is 0.333. The third-order valence-corrected chi connectivity index (χ3v) is 4.90. The highest BCUT2D eigenvalue weighted by Gasteiger charge is 2.29. The smallest absolute Gasteiger partial charge is 0.253 e. The van der Waals surface area contributed by atoms with Gasteiger partial charge in [0.2, 0.25) is 5.91 Å². The van der Waals surface area contributed by atoms with Crippen molar-refractivity contribution in [2.24, 2.45) is 5.92 Å². The van der Waals surface area contributed by atoms with Gasteiger partial charge in [0, 0.05) is 18.7 Å². The van der Waals surface area contributed by atoms with E-state index in [0.717, 1.165) is 12.0 Å². The van der Waals surface area contributed by atoms with E-state index in [1.165, 1.54) is 36.4 Å². The van der Waals surface area contributed by atoms with Gasteiger partial charge in [0.15, 0.2) is 0 Å². The molecular formula is C21H22F2N2O2. The van der Waals surface area contributed by atoms with Crippen molar-refractivity contribution in [1.29, 1.82) is 0 Å². The molecule has 3 rings (SSSR count). The van der Waals surface area contributed by atoms with Crippen LogP contribution in [0.4, 0.5) is 8.78 Å². The van der Waals surface area contributed by atoms with Crippen molar-refractivity contribution in [3.63, 3.8) is 0 Å². The lowest BCUT2D eigenvalue weighted by molar-refractivity contribution is -0.127. The third kappa shape index (κ3) is 4.70. The molecule has 27 heavy (non-hydrogen) atoms. The van der Waals surface area contributed by atoms with E-state index in [2.05, 4.69) is 5.32 Å². The molecule has 1 saturated heterocycles. The number of hydrogen-bond acceptors (Lipinski definition) is 2. The van der Waals surface area contributed by atoms with Crippen LogP contribution in [0.25, 0.3) is 0 Å². The van der Waals surface area contributed by atoms with Crippen LogP contribution in [0.2, 0.25) is 0 Å². The van der Waals surface area contributed by atoms with Crippen LogP contribution in [-0.2, 0) is 4.79 Å². The Hall–Kier alpha value is -2.76. The van der Waals surface area contributed by atoms with Crippen molar-refractivity contribution in [3.8, 4) is 0 Å². The molecule has 0 unspecified atom stereocenters. The maximum Gasteiger partial charge on any atom is 0.253 e. The van der Waals surface area contributed by atoms with E-state index in [-0.39, 0.29) is 29.6 Å². The average molecular weight is 372 g/mol. The predicted molar refractivity (Wildman–Crippen MR) is 98.0 cm³/mol. The highest BCUT2D eigenvalue weighted by molar-refractivity contribution is 5.94. The fourth-order valence-corrected chi connectivity index (χ4v) is 3.32. The van der Waals surface area contributed by atoms with Crippen LogP contribution < -0.4 is 5.32 Å². The summed E-state index contributed by atoms with van der Waals surface area (Å²) in [6, 6.07) is 11.2. The van der Waals surface area contributed by atoms with E-state index in [9.17, 15) is 18.4 Å². The zero-order valence-electron chi connectivity index (χ0n) is 15.1. The summed E-state index contributed by atoms with van der Waals surface area (Å²) < 4.78 is 26.1. The zero-order valence-corrected chi connectivity index (χ0v) is 15.1. The Morgan fingerprint density at radius 1 is 1.04 bits per heavy atom. The first-order valence-corrected chi connectivity index (χ1v) is 9.04. The highest BCUT2D eigenvalue weighted by atomic mass is 19.1. The Morgan fingerprint density at radius 2 is 1.63 bits per heavy atom. The minimum Gasteiger partial charge on any atom is -0.349 e. The van der Waals surface area contributed by atoms with E-state index in [1.807, 2.05) is 6.92 Å². The minimum absolute atomic E-state index is 0.122. The quantitative estimate of drug-likeness (QED) is 0.890. The van der Waals surface area contributed by atoms with Gasteiger partial charge < -0.3 is 10.2 Å². The lowest BCUT2D eigenvalue weighted by Crippen LogP contribution is -2.45. The molecule has 142 valence electrons. The lowest BCUT2D eigenvalue weighted by atomic mass is 9.95. The summed E-state index contributed by atoms with van der Waals surface area (Å²) in [5, 5.41) is 2.94. The Kier molecular flexibility index (Phi) is 5.84. The molecule has 1 N–H and O–H groups in total. The molecule has 1 aliphatic rings. The molecule has 0 bridgehead atoms. The summed E-state index contributed by atoms with van der Waals surface area (Å²) in [6.07, 6.45) is 1.44. The lowest BCUT2D eigenvalue weighted by Gasteiger charge is -2.32. The SMILES string of the molecule is C[C@@H](NC(=O)[C@@H]1CCCN(C(=O)c2ccc(F)cc2)C1)c1ccc(F)cc1. The number of rotatable bonds is 4. The monoisotopic (exact) mass is 372 g/mol. The molecule has 0 aliphatic carbocycles. The van der Waals surface area contributed by atoms with Gasteiger partial charge in [-0.2, -0.15) is 0 Å². The largest absolute Gasteiger partial charge is 0.349 e. The summed E-state index contributed by atoms with van der Waals surface area (Å²) in [7, 11) is 0. The first kappa shape index (κ1) is 19.0. The second kappa shape index (κ2) is 8.29. The third-order valence-electron chi connectivity index (χ3n) is 4.90. The first-order chi connectivity index (χ1) is 12.9. The highest BCUT2D eigenvalue weighted by Crippen LogP contribution is 2.21. The second-order valence-electron chi connectivity index (χ2n) is 6.88. The Labute approximate surface area is 157 Å². The second-order valence-corrected chi connectivity index (χ2v) is 6.88. The van der Waals surface area contributed by atoms with Gasteiger partial charge in [-0.25, -0.2) is 8.78 Å². The summed E-state index contributed by atoms with van der Waals surface area (Å²) >= 11 is 0. The predicted octanol–water partition coefficient (Wildman–Crippen LogP) is 3.69. The van der Waals surface area contributed by atoms with E-state index >= 15 is 0 Å². The Morgan fingerprint density at radius 3 is 2.26 bits per heavy atom. The first-order valence-electron chi connectivity index (χ1n) is 9.04. The van der Waals surface area contributed by atoms with Crippen LogP contribution in [0.15, 0.2) is 48.5 Å². The summed E-state index contributed by atoms with van der Waals surface area (Å²) in [4.78, 5) is 26.9. The number of nitrogens with one attached hydrogen (secondary N) is 1. The van der Waals surface area contributed by atoms with Crippen LogP contribution in [0.5, 0.6) is 0 Å². The normalized spacial score (nSPS) is 18.0. The zero-order chi connectivity index (χ0) is 19.4. The summed E-state index contributed by atoms with van der Waals surface area (Å²) in [6.45, 7) is 2.75. The van der Waals surface area contributed by atoms with Crippen molar-refractivity contribution in [1.82, 2.24) is 10.2 Å². The maximum absolute atomic E-state index is 13.0. The Balaban J connectivity index is 1.61. The van der Waals surface area contributed by atoms with Crippen LogP contribution in [0.3, 0.4) is 0 Å². The number of nitrogens with zero attached hydrogens (tertiary/aromatic N) is 1. The van der Waals surface area contributed by atoms with Crippen LogP contribution in [-0.4, -0.2) is 29.8 Å². The molecule has 1 fully saturated rings. The number of piperidine rings is 1. The van der Waals surface area contributed by atoms with Gasteiger partial charge in [0.05, 0.1) is 12.0 Å². The van der Waals surface area contributed by atoms with Crippen molar-refractivity contribution in [2.45, 2.75) is 25.8 Å². The molecule has 2 aromatic rings. The number of halogens is 2. The maximum atomic E-state index is 13.0. The van der Waals surface area contributed by atoms with Crippen molar-refractivity contribution in [2.75, 3.05) is 13.1 Å². The van der Waals surface area contributed by atoms with E-state index in [0.29, 0.717) is 25.1 Å². The standard InChI is InChI=1S/C21H22F2N2O2/c1-14(15-4-8-18(22)9-5-15)24-20(26)17-3-2-12-25(13-17)21(27)16-6-10-19(23)11-7-16/h4-11,14,17H,2-3,12-13H2,1H3,(H,24,26)/t14-,17-/m1/s1. The van der Waals surface area contributed by atoms with Gasteiger partial charge in [0.25, 0.3) is 5.91 Å². The van der Waals surface area contributed by atoms with Gasteiger partial charge in [0.1, 0.15) is 11.6 Å². The molecular weight excluding hydrogens is 350 g/mol. The van der Waals surface area contributed by atoms with Crippen LogP contribution >= 0.6 is 0 Å². The number of likely N-dealkylation sites (tertiary alicyclic amines) is 1. The molecule has 2 atom stereocenters. The molecule has 2 aromatic carbocycles. The molecule has 4 nitrogen and oxygen atoms in total. The van der Waals surface area contributed by atoms with Crippen LogP contribution in [0.1, 0.15) is 41.7 Å². The molecule has 0 saturated carbocycles. The fourth-order valence-electron chi connectivity index (χ4n) is 3.32. The number of benzene rings is 2. The molecule has 6 heteroatoms. The van der Waals surface area contributed by atoms with Crippen molar-refractivity contribution < 1.29 is 18.4 Å². The van der Waals surface area contributed by atoms with Crippen molar-refractivity contribution in [3.05, 3.63) is 71.3 Å². The van der Waals surface area contributed by atoms with Gasteiger partial charge in [-0.1, -0.05) is 12.1 Å². The average Bonchev–Trinajstić information content (AvgIpc) is 2.68. The molecule has 0 aromatic heterocycles. The number of hydrogen-bond donors (Lipinski definition) is 1. The van der Waals surface area contributed by atoms with Gasteiger partial charge in [-0.15, -0.1) is 0 Å². The van der Waals surface area contributed by atoms with E-state index in [1.54, 1.807) is 17.0 Å². The van der Waals surface area contributed by atoms with Crippen molar-refractivity contribution >= 4 is 11.8 Å². The molecule has 1 aliphatic heterocycles. The topological polar surface area (TPSA) is 49.4 Å². The summed E-state index contributed by atoms with van der Waals surface area (Å²) in [5.74, 6) is -1.33. The molecule has 1 heterocycles. The number of carbonyl (C=O) groups excluding carboxylic acids is 2. The minimum atomic E-state index is -0.391. The van der Waals surface area contributed by atoms with E-state index in [4.69, 9.17) is 0 Å². The van der Waals surface area contributed by atoms with E-state index < -0.39 is 5.82 Å². The Bertz CT molecular complexity index is 806. The molecule has 0 radical (unpaired) electrons. The molecule has 0 spiro atoms. The molecule has 2 amide bonds. The van der Waals surface area contributed by atoms with Gasteiger partial charge in [-0.05, 0) is 61.7 Å². The summed E-state index contributed by atoms with van der Waals surface area (Å²) in [5.41, 5.74) is 1.23. The van der Waals surface area contributed by atoms with Gasteiger partial charge in [-0.3, -0.25) is 9.59 Å².